The average molecular weight is 554 g/mol. The fourth-order valence-corrected chi connectivity index (χ4v) is 4.85. The van der Waals surface area contributed by atoms with Crippen molar-refractivity contribution in [1.29, 1.82) is 5.41 Å². The highest BCUT2D eigenvalue weighted by Crippen LogP contribution is 2.34. The molecule has 1 atom stereocenters. The molecule has 3 aromatic carbocycles. The summed E-state index contributed by atoms with van der Waals surface area (Å²) in [5, 5.41) is 19.4. The number of ether oxygens (including phenoxy) is 1. The van der Waals surface area contributed by atoms with Gasteiger partial charge in [-0.2, -0.15) is 0 Å². The zero-order valence-corrected chi connectivity index (χ0v) is 21.4. The molecule has 0 radical (unpaired) electrons. The Labute approximate surface area is 223 Å². The van der Waals surface area contributed by atoms with Crippen LogP contribution in [0.4, 0.5) is 10.1 Å². The van der Waals surface area contributed by atoms with E-state index in [0.29, 0.717) is 16.8 Å². The van der Waals surface area contributed by atoms with Crippen LogP contribution < -0.4 is 16.2 Å². The predicted molar refractivity (Wildman–Crippen MR) is 141 cm³/mol. The van der Waals surface area contributed by atoms with Gasteiger partial charge < -0.3 is 20.6 Å². The van der Waals surface area contributed by atoms with Crippen molar-refractivity contribution < 1.29 is 32.0 Å². The Morgan fingerprint density at radius 3 is 2.54 bits per heavy atom. The number of carbonyl (C=O) groups is 2. The summed E-state index contributed by atoms with van der Waals surface area (Å²) in [6.07, 6.45) is -0.616. The fourth-order valence-electron chi connectivity index (χ4n) is 4.09. The molecule has 4 rings (SSSR count). The maximum absolute atomic E-state index is 15.1. The minimum Gasteiger partial charge on any atom is -0.469 e. The molecule has 0 saturated heterocycles. The van der Waals surface area contributed by atoms with Crippen LogP contribution in [0, 0.1) is 11.2 Å². The number of carbonyl (C=O) groups excluding carboxylic acids is 2. The molecule has 6 N–H and O–H groups in total. The third kappa shape index (κ3) is 5.78. The van der Waals surface area contributed by atoms with E-state index in [9.17, 15) is 18.0 Å². The molecule has 13 heteroatoms. The van der Waals surface area contributed by atoms with Gasteiger partial charge in [-0.1, -0.05) is 41.6 Å². The van der Waals surface area contributed by atoms with Crippen LogP contribution in [0.3, 0.4) is 0 Å². The molecule has 1 aliphatic heterocycles. The van der Waals surface area contributed by atoms with Gasteiger partial charge >= 0.3 is 5.97 Å². The summed E-state index contributed by atoms with van der Waals surface area (Å²) < 4.78 is 43.8. The number of amidine groups is 1. The second kappa shape index (κ2) is 10.6. The number of hydrogen-bond acceptors (Lipinski definition) is 8. The smallest absolute Gasteiger partial charge is 0.310 e. The summed E-state index contributed by atoms with van der Waals surface area (Å²) >= 11 is 0. The summed E-state index contributed by atoms with van der Waals surface area (Å²) in [6, 6.07) is 15.9. The second-order valence-corrected chi connectivity index (χ2v) is 10.3. The summed E-state index contributed by atoms with van der Waals surface area (Å²) in [5.41, 5.74) is 5.09. The highest BCUT2D eigenvalue weighted by molar-refractivity contribution is 7.89. The number of rotatable bonds is 8. The van der Waals surface area contributed by atoms with Crippen molar-refractivity contribution in [3.8, 4) is 11.1 Å². The van der Waals surface area contributed by atoms with Crippen molar-refractivity contribution in [2.45, 2.75) is 23.3 Å². The minimum atomic E-state index is -4.12. The van der Waals surface area contributed by atoms with E-state index in [0.717, 1.165) is 13.2 Å². The van der Waals surface area contributed by atoms with E-state index in [1.165, 1.54) is 36.4 Å². The van der Waals surface area contributed by atoms with Gasteiger partial charge in [0.1, 0.15) is 11.7 Å². The number of nitrogens with two attached hydrogens (primary N) is 2. The van der Waals surface area contributed by atoms with Gasteiger partial charge in [0.25, 0.3) is 5.91 Å². The topological polar surface area (TPSA) is 187 Å². The molecule has 11 nitrogen and oxygen atoms in total. The Morgan fingerprint density at radius 2 is 1.87 bits per heavy atom. The highest BCUT2D eigenvalue weighted by atomic mass is 32.2. The van der Waals surface area contributed by atoms with Gasteiger partial charge in [0, 0.05) is 34.4 Å². The van der Waals surface area contributed by atoms with E-state index >= 15 is 4.39 Å². The number of nitrogens with one attached hydrogen (secondary N) is 2. The SMILES string of the molecule is COC(=O)CC1(C(=O)Nc2ccc(-c3ccccc3S(N)(=O)=O)c(F)c2)CC(c2cccc(C(=N)N)c2)=NO1. The Balaban J connectivity index is 1.61. The molecule has 1 aliphatic rings. The van der Waals surface area contributed by atoms with E-state index in [-0.39, 0.29) is 34.0 Å². The second-order valence-electron chi connectivity index (χ2n) is 8.74. The van der Waals surface area contributed by atoms with Gasteiger partial charge in [0.15, 0.2) is 0 Å². The lowest BCUT2D eigenvalue weighted by Crippen LogP contribution is -2.45. The predicted octanol–water partition coefficient (Wildman–Crippen LogP) is 2.49. The van der Waals surface area contributed by atoms with Crippen LogP contribution in [0.15, 0.2) is 76.8 Å². The van der Waals surface area contributed by atoms with Gasteiger partial charge in [-0.3, -0.25) is 15.0 Å². The maximum atomic E-state index is 15.1. The highest BCUT2D eigenvalue weighted by Gasteiger charge is 2.49. The van der Waals surface area contributed by atoms with E-state index in [4.69, 9.17) is 25.9 Å². The summed E-state index contributed by atoms with van der Waals surface area (Å²) in [7, 11) is -2.96. The van der Waals surface area contributed by atoms with Crippen molar-refractivity contribution >= 4 is 39.1 Å². The molecule has 1 heterocycles. The molecule has 0 spiro atoms. The zero-order valence-electron chi connectivity index (χ0n) is 20.6. The maximum Gasteiger partial charge on any atom is 0.310 e. The zero-order chi connectivity index (χ0) is 28.4. The van der Waals surface area contributed by atoms with Crippen LogP contribution in [0.5, 0.6) is 0 Å². The Hall–Kier alpha value is -4.62. The molecule has 1 unspecified atom stereocenters. The number of esters is 1. The minimum absolute atomic E-state index is 0.0224. The molecule has 202 valence electrons. The number of oxime groups is 1. The van der Waals surface area contributed by atoms with E-state index in [1.54, 1.807) is 24.3 Å². The van der Waals surface area contributed by atoms with Crippen molar-refractivity contribution in [1.82, 2.24) is 0 Å². The van der Waals surface area contributed by atoms with Crippen LogP contribution in [-0.2, 0) is 29.2 Å². The first-order valence-corrected chi connectivity index (χ1v) is 13.0. The van der Waals surface area contributed by atoms with Crippen LogP contribution in [0.1, 0.15) is 24.0 Å². The third-order valence-electron chi connectivity index (χ3n) is 6.07. The fraction of sp³-hybridized carbons (Fsp3) is 0.154. The molecular weight excluding hydrogens is 529 g/mol. The summed E-state index contributed by atoms with van der Waals surface area (Å²) in [5.74, 6) is -2.50. The molecule has 1 amide bonds. The summed E-state index contributed by atoms with van der Waals surface area (Å²) in [6.45, 7) is 0. The number of anilines is 1. The van der Waals surface area contributed by atoms with Crippen molar-refractivity contribution in [3.63, 3.8) is 0 Å². The number of sulfonamides is 1. The molecule has 0 aliphatic carbocycles. The first-order valence-electron chi connectivity index (χ1n) is 11.4. The summed E-state index contributed by atoms with van der Waals surface area (Å²) in [4.78, 5) is 30.8. The lowest BCUT2D eigenvalue weighted by atomic mass is 9.89. The quantitative estimate of drug-likeness (QED) is 0.187. The standard InChI is InChI=1S/C26H24FN5O6S/c1-37-23(33)14-26(13-21(32-38-26)15-5-4-6-16(11-15)24(28)29)25(34)31-17-9-10-18(20(27)12-17)19-7-2-3-8-22(19)39(30,35)36/h2-12H,13-14H2,1H3,(H3,28,29)(H,31,34)(H2,30,35,36). The van der Waals surface area contributed by atoms with Crippen molar-refractivity contribution in [2.75, 3.05) is 12.4 Å². The first-order chi connectivity index (χ1) is 18.4. The van der Waals surface area contributed by atoms with Crippen molar-refractivity contribution in [3.05, 3.63) is 83.7 Å². The molecule has 0 bridgehead atoms. The number of methoxy groups -OCH3 is 1. The van der Waals surface area contributed by atoms with Gasteiger partial charge in [-0.15, -0.1) is 0 Å². The van der Waals surface area contributed by atoms with Crippen LogP contribution >= 0.6 is 0 Å². The van der Waals surface area contributed by atoms with Crippen LogP contribution in [0.2, 0.25) is 0 Å². The number of benzene rings is 3. The van der Waals surface area contributed by atoms with Crippen LogP contribution in [0.25, 0.3) is 11.1 Å². The third-order valence-corrected chi connectivity index (χ3v) is 7.04. The van der Waals surface area contributed by atoms with E-state index in [1.807, 2.05) is 0 Å². The van der Waals surface area contributed by atoms with E-state index in [2.05, 4.69) is 10.5 Å². The molecule has 39 heavy (non-hydrogen) atoms. The molecular formula is C26H24FN5O6S. The van der Waals surface area contributed by atoms with E-state index < -0.39 is 39.7 Å². The number of halogens is 1. The Bertz CT molecular complexity index is 1620. The Kier molecular flexibility index (Phi) is 7.47. The largest absolute Gasteiger partial charge is 0.469 e. The number of primary sulfonamides is 1. The lowest BCUT2D eigenvalue weighted by Gasteiger charge is -2.24. The van der Waals surface area contributed by atoms with Gasteiger partial charge in [0.05, 0.1) is 24.1 Å². The molecule has 0 saturated carbocycles. The number of hydrogen-bond donors (Lipinski definition) is 4. The Morgan fingerprint density at radius 1 is 1.13 bits per heavy atom. The number of nitrogens with zero attached hydrogens (tertiary/aromatic N) is 1. The molecule has 3 aromatic rings. The number of nitrogen functional groups attached to an aromatic ring is 1. The van der Waals surface area contributed by atoms with Crippen LogP contribution in [-0.4, -0.2) is 44.6 Å². The first kappa shape index (κ1) is 27.4. The van der Waals surface area contributed by atoms with Crippen molar-refractivity contribution in [2.24, 2.45) is 16.0 Å². The van der Waals surface area contributed by atoms with Gasteiger partial charge in [0.2, 0.25) is 15.6 Å². The average Bonchev–Trinajstić information content (AvgIpc) is 3.33. The number of amides is 1. The molecule has 0 fully saturated rings. The monoisotopic (exact) mass is 553 g/mol. The van der Waals surface area contributed by atoms with Gasteiger partial charge in [-0.05, 0) is 30.3 Å². The van der Waals surface area contributed by atoms with Gasteiger partial charge in [-0.25, -0.2) is 17.9 Å². The normalized spacial score (nSPS) is 16.6. The molecule has 0 aromatic heterocycles. The lowest BCUT2D eigenvalue weighted by molar-refractivity contribution is -0.155.